The van der Waals surface area contributed by atoms with Gasteiger partial charge in [0.2, 0.25) is 0 Å². The van der Waals surface area contributed by atoms with Gasteiger partial charge in [-0.25, -0.2) is 9.97 Å². The van der Waals surface area contributed by atoms with Gasteiger partial charge in [-0.1, -0.05) is 158 Å². The van der Waals surface area contributed by atoms with E-state index in [2.05, 4.69) is 140 Å². The molecule has 0 radical (unpaired) electrons. The van der Waals surface area contributed by atoms with Crippen LogP contribution in [0.3, 0.4) is 0 Å². The number of rotatable bonds is 6. The maximum absolute atomic E-state index is 6.67. The molecule has 11 aromatic rings. The third kappa shape index (κ3) is 5.39. The van der Waals surface area contributed by atoms with E-state index in [9.17, 15) is 0 Å². The number of furan rings is 2. The van der Waals surface area contributed by atoms with Crippen molar-refractivity contribution in [3.63, 3.8) is 0 Å². The minimum absolute atomic E-state index is 0.688. The topological polar surface area (TPSA) is 52.1 Å². The highest BCUT2D eigenvalue weighted by atomic mass is 16.3. The van der Waals surface area contributed by atoms with Gasteiger partial charge in [0, 0.05) is 43.8 Å². The summed E-state index contributed by atoms with van der Waals surface area (Å²) in [7, 11) is 0. The van der Waals surface area contributed by atoms with Crippen LogP contribution in [0.1, 0.15) is 0 Å². The monoisotopic (exact) mass is 716 g/mol. The molecule has 0 fully saturated rings. The average molecular weight is 717 g/mol. The molecule has 3 heterocycles. The summed E-state index contributed by atoms with van der Waals surface area (Å²) in [4.78, 5) is 10.3. The number of nitrogens with zero attached hydrogens (tertiary/aromatic N) is 2. The number of hydrogen-bond acceptors (Lipinski definition) is 4. The molecule has 0 saturated heterocycles. The zero-order valence-electron chi connectivity index (χ0n) is 30.2. The molecule has 0 saturated carbocycles. The molecule has 0 amide bonds. The van der Waals surface area contributed by atoms with Crippen molar-refractivity contribution in [1.82, 2.24) is 9.97 Å². The van der Waals surface area contributed by atoms with Gasteiger partial charge >= 0.3 is 0 Å². The molecule has 0 aliphatic carbocycles. The summed E-state index contributed by atoms with van der Waals surface area (Å²) >= 11 is 0. The van der Waals surface area contributed by atoms with E-state index in [4.69, 9.17) is 18.8 Å². The zero-order chi connectivity index (χ0) is 37.0. The second-order valence-electron chi connectivity index (χ2n) is 14.1. The highest BCUT2D eigenvalue weighted by molar-refractivity contribution is 6.17. The van der Waals surface area contributed by atoms with Crippen LogP contribution in [0.4, 0.5) is 0 Å². The first kappa shape index (κ1) is 31.9. The van der Waals surface area contributed by atoms with Gasteiger partial charge in [0.25, 0.3) is 0 Å². The molecular formula is C52H32N2O2. The second kappa shape index (κ2) is 13.1. The van der Waals surface area contributed by atoms with Crippen molar-refractivity contribution < 1.29 is 8.83 Å². The molecule has 56 heavy (non-hydrogen) atoms. The molecule has 0 spiro atoms. The molecule has 3 aromatic heterocycles. The Hall–Kier alpha value is -7.56. The van der Waals surface area contributed by atoms with Crippen molar-refractivity contribution in [2.24, 2.45) is 0 Å². The van der Waals surface area contributed by atoms with Crippen LogP contribution in [0.5, 0.6) is 0 Å². The van der Waals surface area contributed by atoms with Gasteiger partial charge < -0.3 is 8.83 Å². The SMILES string of the molecule is c1ccc(-c2nc(-c3ccc(-c4ccc(-c5ccc6c(c5)oc5ccccc56)c5oc6ccccc6c45)cc3)cc(-c3ccccc3-c3ccccc3)n2)cc1. The predicted octanol–water partition coefficient (Wildman–Crippen LogP) is 14.3. The van der Waals surface area contributed by atoms with E-state index in [1.54, 1.807) is 0 Å². The smallest absolute Gasteiger partial charge is 0.160 e. The summed E-state index contributed by atoms with van der Waals surface area (Å²) in [5.41, 5.74) is 14.8. The number of fused-ring (bicyclic) bond motifs is 6. The van der Waals surface area contributed by atoms with Gasteiger partial charge in [-0.15, -0.1) is 0 Å². The van der Waals surface area contributed by atoms with Crippen molar-refractivity contribution in [3.8, 4) is 67.3 Å². The molecule has 0 atom stereocenters. The maximum Gasteiger partial charge on any atom is 0.160 e. The fraction of sp³-hybridized carbons (Fsp3) is 0. The Morgan fingerprint density at radius 1 is 0.304 bits per heavy atom. The molecule has 4 heteroatoms. The van der Waals surface area contributed by atoms with Gasteiger partial charge in [0.15, 0.2) is 5.82 Å². The average Bonchev–Trinajstić information content (AvgIpc) is 3.85. The summed E-state index contributed by atoms with van der Waals surface area (Å²) in [5, 5.41) is 4.39. The van der Waals surface area contributed by atoms with E-state index in [1.165, 1.54) is 0 Å². The van der Waals surface area contributed by atoms with Crippen molar-refractivity contribution >= 4 is 43.9 Å². The first-order valence-corrected chi connectivity index (χ1v) is 18.8. The summed E-state index contributed by atoms with van der Waals surface area (Å²) in [6.07, 6.45) is 0. The van der Waals surface area contributed by atoms with Crippen molar-refractivity contribution in [3.05, 3.63) is 194 Å². The first-order valence-electron chi connectivity index (χ1n) is 18.8. The molecule has 0 N–H and O–H groups in total. The van der Waals surface area contributed by atoms with Crippen molar-refractivity contribution in [2.45, 2.75) is 0 Å². The van der Waals surface area contributed by atoms with E-state index in [0.29, 0.717) is 5.82 Å². The van der Waals surface area contributed by atoms with E-state index in [0.717, 1.165) is 105 Å². The molecule has 262 valence electrons. The van der Waals surface area contributed by atoms with Gasteiger partial charge in [-0.2, -0.15) is 0 Å². The van der Waals surface area contributed by atoms with E-state index < -0.39 is 0 Å². The van der Waals surface area contributed by atoms with E-state index in [-0.39, 0.29) is 0 Å². The molecule has 8 aromatic carbocycles. The summed E-state index contributed by atoms with van der Waals surface area (Å²) in [6.45, 7) is 0. The molecule has 0 unspecified atom stereocenters. The third-order valence-electron chi connectivity index (χ3n) is 10.8. The fourth-order valence-electron chi connectivity index (χ4n) is 8.04. The lowest BCUT2D eigenvalue weighted by Crippen LogP contribution is -1.97. The van der Waals surface area contributed by atoms with Crippen LogP contribution in [0.25, 0.3) is 111 Å². The zero-order valence-corrected chi connectivity index (χ0v) is 30.2. The molecule has 0 aliphatic rings. The highest BCUT2D eigenvalue weighted by Crippen LogP contribution is 2.43. The number of para-hydroxylation sites is 2. The Morgan fingerprint density at radius 3 is 1.64 bits per heavy atom. The number of hydrogen-bond donors (Lipinski definition) is 0. The molecule has 11 rings (SSSR count). The van der Waals surface area contributed by atoms with Crippen LogP contribution in [-0.2, 0) is 0 Å². The fourth-order valence-corrected chi connectivity index (χ4v) is 8.04. The normalized spacial score (nSPS) is 11.6. The van der Waals surface area contributed by atoms with Gasteiger partial charge in [-0.05, 0) is 64.2 Å². The molecular weight excluding hydrogens is 685 g/mol. The quantitative estimate of drug-likeness (QED) is 0.172. The minimum Gasteiger partial charge on any atom is -0.456 e. The van der Waals surface area contributed by atoms with Gasteiger partial charge in [-0.3, -0.25) is 0 Å². The van der Waals surface area contributed by atoms with Crippen LogP contribution in [-0.4, -0.2) is 9.97 Å². The largest absolute Gasteiger partial charge is 0.456 e. The van der Waals surface area contributed by atoms with Crippen molar-refractivity contribution in [2.75, 3.05) is 0 Å². The molecule has 4 nitrogen and oxygen atoms in total. The summed E-state index contributed by atoms with van der Waals surface area (Å²) in [5.74, 6) is 0.688. The van der Waals surface area contributed by atoms with Crippen LogP contribution < -0.4 is 0 Å². The maximum atomic E-state index is 6.67. The standard InChI is InChI=1S/C52H32N2O2/c1-3-13-33(14-4-1)38-17-7-8-18-41(38)46-32-45(53-52(54-46)36-15-5-2-6-16-36)35-25-23-34(24-26-35)39-29-30-40(51-50(39)44-20-10-12-22-48(44)56-51)37-27-28-43-42-19-9-11-21-47(42)55-49(43)31-37/h1-32H. The summed E-state index contributed by atoms with van der Waals surface area (Å²) < 4.78 is 12.9. The minimum atomic E-state index is 0.688. The Bertz CT molecular complexity index is 3230. The predicted molar refractivity (Wildman–Crippen MR) is 229 cm³/mol. The van der Waals surface area contributed by atoms with Gasteiger partial charge in [0.1, 0.15) is 22.3 Å². The second-order valence-corrected chi connectivity index (χ2v) is 14.1. The highest BCUT2D eigenvalue weighted by Gasteiger charge is 2.19. The van der Waals surface area contributed by atoms with E-state index >= 15 is 0 Å². The van der Waals surface area contributed by atoms with Crippen LogP contribution >= 0.6 is 0 Å². The van der Waals surface area contributed by atoms with Crippen LogP contribution in [0.2, 0.25) is 0 Å². The lowest BCUT2D eigenvalue weighted by molar-refractivity contribution is 0.668. The Balaban J connectivity index is 1.03. The Kier molecular flexibility index (Phi) is 7.46. The Labute approximate surface area is 323 Å². The number of aromatic nitrogens is 2. The first-order chi connectivity index (χ1) is 27.7. The third-order valence-corrected chi connectivity index (χ3v) is 10.8. The molecule has 0 aliphatic heterocycles. The lowest BCUT2D eigenvalue weighted by atomic mass is 9.93. The van der Waals surface area contributed by atoms with Crippen LogP contribution in [0.15, 0.2) is 203 Å². The Morgan fingerprint density at radius 2 is 0.857 bits per heavy atom. The molecule has 0 bridgehead atoms. The van der Waals surface area contributed by atoms with Crippen LogP contribution in [0, 0.1) is 0 Å². The lowest BCUT2D eigenvalue weighted by Gasteiger charge is -2.13. The summed E-state index contributed by atoms with van der Waals surface area (Å²) in [6, 6.07) is 67.2. The van der Waals surface area contributed by atoms with E-state index in [1.807, 2.05) is 54.6 Å². The van der Waals surface area contributed by atoms with Gasteiger partial charge in [0.05, 0.1) is 11.4 Å². The van der Waals surface area contributed by atoms with Crippen molar-refractivity contribution in [1.29, 1.82) is 0 Å². The number of benzene rings is 8.